The molecule has 1 nitrogen and oxygen atoms in total. The quantitative estimate of drug-likeness (QED) is 0.477. The first kappa shape index (κ1) is 5.90. The second-order valence-corrected chi connectivity index (χ2v) is 2.75. The van der Waals surface area contributed by atoms with E-state index in [1.165, 1.54) is 6.42 Å². The van der Waals surface area contributed by atoms with Gasteiger partial charge in [-0.25, -0.2) is 0 Å². The van der Waals surface area contributed by atoms with E-state index >= 15 is 0 Å². The Balaban J connectivity index is 2.21. The third-order valence-corrected chi connectivity index (χ3v) is 2.05. The molecule has 1 radical (unpaired) electrons. The molecule has 2 unspecified atom stereocenters. The molecule has 1 heterocycles. The van der Waals surface area contributed by atoms with Crippen LogP contribution in [0.15, 0.2) is 29.3 Å². The van der Waals surface area contributed by atoms with E-state index in [2.05, 4.69) is 35.5 Å². The molecule has 0 N–H and O–H groups in total. The molecule has 0 amide bonds. The summed E-state index contributed by atoms with van der Waals surface area (Å²) in [5.41, 5.74) is 0. The van der Waals surface area contributed by atoms with Crippen molar-refractivity contribution in [2.45, 2.75) is 18.9 Å². The van der Waals surface area contributed by atoms with Gasteiger partial charge < -0.3 is 0 Å². The van der Waals surface area contributed by atoms with E-state index in [1.807, 2.05) is 0 Å². The first-order valence-corrected chi connectivity index (χ1v) is 3.74. The van der Waals surface area contributed by atoms with Crippen molar-refractivity contribution in [2.75, 3.05) is 0 Å². The van der Waals surface area contributed by atoms with Gasteiger partial charge >= 0.3 is 0 Å². The molecule has 0 saturated carbocycles. The van der Waals surface area contributed by atoms with Crippen LogP contribution in [-0.4, -0.2) is 12.3 Å². The molecule has 0 fully saturated rings. The van der Waals surface area contributed by atoms with Crippen LogP contribution < -0.4 is 0 Å². The van der Waals surface area contributed by atoms with E-state index in [0.29, 0.717) is 12.0 Å². The van der Waals surface area contributed by atoms with Crippen LogP contribution in [-0.2, 0) is 0 Å². The van der Waals surface area contributed by atoms with Crippen molar-refractivity contribution in [1.29, 1.82) is 0 Å². The number of nitrogens with zero attached hydrogens (tertiary/aromatic N) is 1. The number of fused-ring (bicyclic) bond motifs is 1. The molecule has 2 aliphatic rings. The molecule has 1 aliphatic heterocycles. The van der Waals surface area contributed by atoms with E-state index in [-0.39, 0.29) is 0 Å². The molecule has 10 heavy (non-hydrogen) atoms. The highest BCUT2D eigenvalue weighted by molar-refractivity contribution is 5.59. The van der Waals surface area contributed by atoms with Gasteiger partial charge in [-0.1, -0.05) is 24.3 Å². The predicted molar refractivity (Wildman–Crippen MR) is 42.2 cm³/mol. The standard InChI is InChI=1S/C9H10N/c1-2-6-9-8(4-1)5-3-7-10-9/h1-2,4,6,8-9H,3,5H2. The van der Waals surface area contributed by atoms with Gasteiger partial charge in [0, 0.05) is 5.92 Å². The molecule has 51 valence electrons. The Kier molecular flexibility index (Phi) is 1.42. The Hall–Kier alpha value is -0.850. The fourth-order valence-electron chi connectivity index (χ4n) is 1.45. The normalized spacial score (nSPS) is 36.0. The van der Waals surface area contributed by atoms with Crippen molar-refractivity contribution < 1.29 is 0 Å². The van der Waals surface area contributed by atoms with E-state index in [1.54, 1.807) is 0 Å². The molecule has 0 aromatic carbocycles. The maximum Gasteiger partial charge on any atom is 0.0749 e. The summed E-state index contributed by atoms with van der Waals surface area (Å²) in [4.78, 5) is 4.26. The van der Waals surface area contributed by atoms with Gasteiger partial charge in [0.05, 0.1) is 12.3 Å². The van der Waals surface area contributed by atoms with Crippen LogP contribution in [0.5, 0.6) is 0 Å². The summed E-state index contributed by atoms with van der Waals surface area (Å²) < 4.78 is 0. The molecule has 1 aliphatic carbocycles. The summed E-state index contributed by atoms with van der Waals surface area (Å²) in [6.45, 7) is 0. The Labute approximate surface area is 61.2 Å². The monoisotopic (exact) mass is 132 g/mol. The number of aliphatic imine (C=N–C) groups is 1. The average molecular weight is 132 g/mol. The van der Waals surface area contributed by atoms with Crippen LogP contribution in [0.3, 0.4) is 0 Å². The van der Waals surface area contributed by atoms with Crippen LogP contribution in [0.4, 0.5) is 0 Å². The SMILES string of the molecule is [C]1=NC2C=CC=CC2CC1. The summed E-state index contributed by atoms with van der Waals surface area (Å²) in [5, 5.41) is 0. The van der Waals surface area contributed by atoms with E-state index in [4.69, 9.17) is 0 Å². The summed E-state index contributed by atoms with van der Waals surface area (Å²) in [6.07, 6.45) is 13.8. The van der Waals surface area contributed by atoms with E-state index < -0.39 is 0 Å². The minimum atomic E-state index is 0.402. The molecule has 0 bridgehead atoms. The molecule has 0 spiro atoms. The highest BCUT2D eigenvalue weighted by atomic mass is 14.8. The molecular formula is C9H10N. The van der Waals surface area contributed by atoms with Crippen molar-refractivity contribution in [3.05, 3.63) is 24.3 Å². The zero-order valence-electron chi connectivity index (χ0n) is 5.83. The molecule has 1 heteroatoms. The first-order valence-electron chi connectivity index (χ1n) is 3.74. The Morgan fingerprint density at radius 3 is 3.10 bits per heavy atom. The summed E-state index contributed by atoms with van der Waals surface area (Å²) in [6, 6.07) is 0.402. The van der Waals surface area contributed by atoms with Crippen LogP contribution in [0.1, 0.15) is 12.8 Å². The van der Waals surface area contributed by atoms with Crippen LogP contribution >= 0.6 is 0 Å². The number of allylic oxidation sites excluding steroid dienone is 2. The van der Waals surface area contributed by atoms with Crippen LogP contribution in [0.2, 0.25) is 0 Å². The Morgan fingerprint density at radius 2 is 2.20 bits per heavy atom. The number of hydrogen-bond acceptors (Lipinski definition) is 1. The van der Waals surface area contributed by atoms with E-state index in [0.717, 1.165) is 6.42 Å². The lowest BCUT2D eigenvalue weighted by Crippen LogP contribution is -2.19. The van der Waals surface area contributed by atoms with Gasteiger partial charge in [-0.15, -0.1) is 0 Å². The fourth-order valence-corrected chi connectivity index (χ4v) is 1.45. The summed E-state index contributed by atoms with van der Waals surface area (Å²) >= 11 is 0. The van der Waals surface area contributed by atoms with Gasteiger partial charge in [0.1, 0.15) is 0 Å². The van der Waals surface area contributed by atoms with Crippen molar-refractivity contribution in [2.24, 2.45) is 10.9 Å². The third kappa shape index (κ3) is 0.919. The second kappa shape index (κ2) is 2.41. The second-order valence-electron chi connectivity index (χ2n) is 2.75. The third-order valence-electron chi connectivity index (χ3n) is 2.05. The minimum Gasteiger partial charge on any atom is -0.280 e. The topological polar surface area (TPSA) is 12.4 Å². The highest BCUT2D eigenvalue weighted by Gasteiger charge is 2.18. The molecule has 0 aromatic heterocycles. The van der Waals surface area contributed by atoms with Gasteiger partial charge in [0.15, 0.2) is 0 Å². The summed E-state index contributed by atoms with van der Waals surface area (Å²) in [5.74, 6) is 0.659. The fraction of sp³-hybridized carbons (Fsp3) is 0.444. The highest BCUT2D eigenvalue weighted by Crippen LogP contribution is 2.23. The Bertz CT molecular complexity index is 201. The lowest BCUT2D eigenvalue weighted by molar-refractivity contribution is 0.523. The van der Waals surface area contributed by atoms with E-state index in [9.17, 15) is 0 Å². The molecule has 2 atom stereocenters. The average Bonchev–Trinajstić information content (AvgIpc) is 2.05. The van der Waals surface area contributed by atoms with Gasteiger partial charge in [0.2, 0.25) is 0 Å². The maximum atomic E-state index is 4.26. The molecule has 0 aromatic rings. The molecular weight excluding hydrogens is 122 g/mol. The van der Waals surface area contributed by atoms with Crippen molar-refractivity contribution >= 4 is 6.21 Å². The Morgan fingerprint density at radius 1 is 1.30 bits per heavy atom. The zero-order chi connectivity index (χ0) is 6.81. The van der Waals surface area contributed by atoms with Gasteiger partial charge in [-0.2, -0.15) is 0 Å². The molecule has 2 rings (SSSR count). The van der Waals surface area contributed by atoms with Crippen molar-refractivity contribution in [1.82, 2.24) is 0 Å². The smallest absolute Gasteiger partial charge is 0.0749 e. The van der Waals surface area contributed by atoms with Gasteiger partial charge in [-0.3, -0.25) is 4.99 Å². The van der Waals surface area contributed by atoms with Gasteiger partial charge in [-0.05, 0) is 12.8 Å². The van der Waals surface area contributed by atoms with Crippen LogP contribution in [0.25, 0.3) is 0 Å². The number of hydrogen-bond donors (Lipinski definition) is 0. The van der Waals surface area contributed by atoms with Gasteiger partial charge in [0.25, 0.3) is 0 Å². The van der Waals surface area contributed by atoms with Crippen molar-refractivity contribution in [3.8, 4) is 0 Å². The van der Waals surface area contributed by atoms with Crippen molar-refractivity contribution in [3.63, 3.8) is 0 Å². The maximum absolute atomic E-state index is 4.26. The lowest BCUT2D eigenvalue weighted by Gasteiger charge is -2.22. The first-order chi connectivity index (χ1) is 4.97. The zero-order valence-corrected chi connectivity index (χ0v) is 5.83. The summed E-state index contributed by atoms with van der Waals surface area (Å²) in [7, 11) is 0. The predicted octanol–water partition coefficient (Wildman–Crippen LogP) is 1.84. The van der Waals surface area contributed by atoms with Crippen LogP contribution in [0, 0.1) is 5.92 Å². The largest absolute Gasteiger partial charge is 0.280 e. The number of rotatable bonds is 0. The lowest BCUT2D eigenvalue weighted by atomic mass is 9.89. The minimum absolute atomic E-state index is 0.402. The molecule has 0 saturated heterocycles.